The van der Waals surface area contributed by atoms with Crippen LogP contribution >= 0.6 is 15.9 Å². The number of nitrogens with one attached hydrogen (secondary N) is 2. The first-order chi connectivity index (χ1) is 11.0. The molecule has 0 aliphatic heterocycles. The molecule has 2 rings (SSSR count). The molecule has 4 N–H and O–H groups in total. The second-order valence-corrected chi connectivity index (χ2v) is 7.60. The quantitative estimate of drug-likeness (QED) is 0.251. The first kappa shape index (κ1) is 18.4. The van der Waals surface area contributed by atoms with Gasteiger partial charge in [-0.2, -0.15) is 5.10 Å². The normalized spacial score (nSPS) is 35.0. The Hall–Kier alpha value is -0.990. The minimum absolute atomic E-state index is 0.114. The number of carbonyl (C=O) groups is 2. The van der Waals surface area contributed by atoms with Crippen LogP contribution in [0.2, 0.25) is 0 Å². The van der Waals surface area contributed by atoms with Crippen molar-refractivity contribution in [2.24, 2.45) is 22.9 Å². The third-order valence-corrected chi connectivity index (χ3v) is 5.94. The molecule has 2 aliphatic rings. The summed E-state index contributed by atoms with van der Waals surface area (Å²) in [5.41, 5.74) is 4.24. The van der Waals surface area contributed by atoms with E-state index in [1.165, 1.54) is 0 Å². The van der Waals surface area contributed by atoms with Crippen molar-refractivity contribution in [2.45, 2.75) is 55.9 Å². The lowest BCUT2D eigenvalue weighted by Crippen LogP contribution is -2.35. The number of hydrogen-bond acceptors (Lipinski definition) is 5. The van der Waals surface area contributed by atoms with Gasteiger partial charge < -0.3 is 5.11 Å². The summed E-state index contributed by atoms with van der Waals surface area (Å²) in [6.07, 6.45) is 6.13. The minimum atomic E-state index is -0.374. The van der Waals surface area contributed by atoms with Crippen LogP contribution in [0.5, 0.6) is 0 Å². The summed E-state index contributed by atoms with van der Waals surface area (Å²) in [6.45, 7) is 0. The van der Waals surface area contributed by atoms with Gasteiger partial charge in [-0.05, 0) is 44.9 Å². The van der Waals surface area contributed by atoms with Crippen LogP contribution in [0.25, 0.3) is 0 Å². The van der Waals surface area contributed by atoms with Gasteiger partial charge in [-0.3, -0.25) is 14.8 Å². The zero-order valence-electron chi connectivity index (χ0n) is 12.9. The standard InChI is InChI=1S/C15H24BrN3O4/c16-13-6-5-12(20)7-11(13)8-17-18-14(21)9-1-3-10(4-2-9)15(22)19-23/h8-13,20,23H,1-7H2,(H,18,21)(H,19,22)/b17-8+. The summed E-state index contributed by atoms with van der Waals surface area (Å²) >= 11 is 3.58. The van der Waals surface area contributed by atoms with Gasteiger partial charge in [-0.15, -0.1) is 0 Å². The highest BCUT2D eigenvalue weighted by Gasteiger charge is 2.30. The van der Waals surface area contributed by atoms with Crippen molar-refractivity contribution in [2.75, 3.05) is 0 Å². The second-order valence-electron chi connectivity index (χ2n) is 6.43. The number of hydroxylamine groups is 1. The summed E-state index contributed by atoms with van der Waals surface area (Å²) < 4.78 is 0. The summed E-state index contributed by atoms with van der Waals surface area (Å²) in [7, 11) is 0. The Morgan fingerprint density at radius 1 is 1.04 bits per heavy atom. The number of hydrogen-bond donors (Lipinski definition) is 4. The van der Waals surface area contributed by atoms with Crippen LogP contribution in [0.4, 0.5) is 0 Å². The van der Waals surface area contributed by atoms with E-state index >= 15 is 0 Å². The molecule has 3 atom stereocenters. The van der Waals surface area contributed by atoms with E-state index in [1.807, 2.05) is 0 Å². The van der Waals surface area contributed by atoms with Crippen molar-refractivity contribution in [3.05, 3.63) is 0 Å². The van der Waals surface area contributed by atoms with E-state index < -0.39 is 0 Å². The highest BCUT2D eigenvalue weighted by Crippen LogP contribution is 2.30. The summed E-state index contributed by atoms with van der Waals surface area (Å²) in [5.74, 6) is -0.757. The summed E-state index contributed by atoms with van der Waals surface area (Å²) in [6, 6.07) is 0. The average Bonchev–Trinajstić information content (AvgIpc) is 2.57. The largest absolute Gasteiger partial charge is 0.393 e. The Bertz CT molecular complexity index is 452. The lowest BCUT2D eigenvalue weighted by atomic mass is 9.81. The third kappa shape index (κ3) is 5.26. The number of halogens is 1. The average molecular weight is 390 g/mol. The van der Waals surface area contributed by atoms with Crippen LogP contribution in [0.3, 0.4) is 0 Å². The fourth-order valence-electron chi connectivity index (χ4n) is 3.30. The van der Waals surface area contributed by atoms with Gasteiger partial charge >= 0.3 is 0 Å². The SMILES string of the molecule is O=C(NO)C1CCC(C(=O)N/N=C/C2CC(O)CCC2Br)CC1. The molecule has 130 valence electrons. The second kappa shape index (κ2) is 8.75. The van der Waals surface area contributed by atoms with Gasteiger partial charge in [-0.25, -0.2) is 10.9 Å². The van der Waals surface area contributed by atoms with Crippen molar-refractivity contribution in [3.63, 3.8) is 0 Å². The number of amides is 2. The number of aliphatic hydroxyl groups excluding tert-OH is 1. The van der Waals surface area contributed by atoms with Gasteiger partial charge in [0.1, 0.15) is 0 Å². The highest BCUT2D eigenvalue weighted by atomic mass is 79.9. The minimum Gasteiger partial charge on any atom is -0.393 e. The number of aliphatic hydroxyl groups is 1. The van der Waals surface area contributed by atoms with Gasteiger partial charge in [0.25, 0.3) is 0 Å². The fraction of sp³-hybridized carbons (Fsp3) is 0.800. The molecule has 0 bridgehead atoms. The molecule has 23 heavy (non-hydrogen) atoms. The molecule has 0 radical (unpaired) electrons. The molecule has 0 heterocycles. The Morgan fingerprint density at radius 3 is 2.26 bits per heavy atom. The smallest absolute Gasteiger partial charge is 0.246 e. The van der Waals surface area contributed by atoms with Crippen LogP contribution in [-0.2, 0) is 9.59 Å². The maximum absolute atomic E-state index is 12.1. The van der Waals surface area contributed by atoms with Crippen LogP contribution in [-0.4, -0.2) is 39.3 Å². The van der Waals surface area contributed by atoms with E-state index in [2.05, 4.69) is 26.5 Å². The first-order valence-corrected chi connectivity index (χ1v) is 9.02. The molecule has 8 heteroatoms. The van der Waals surface area contributed by atoms with E-state index in [4.69, 9.17) is 5.21 Å². The fourth-order valence-corrected chi connectivity index (χ4v) is 3.91. The molecule has 2 amide bonds. The highest BCUT2D eigenvalue weighted by molar-refractivity contribution is 9.09. The third-order valence-electron chi connectivity index (χ3n) is 4.80. The van der Waals surface area contributed by atoms with Crippen LogP contribution in [0.15, 0.2) is 5.10 Å². The molecule has 0 saturated heterocycles. The van der Waals surface area contributed by atoms with E-state index in [0.717, 1.165) is 12.8 Å². The first-order valence-electron chi connectivity index (χ1n) is 8.10. The van der Waals surface area contributed by atoms with Crippen LogP contribution in [0.1, 0.15) is 44.9 Å². The van der Waals surface area contributed by atoms with Crippen molar-refractivity contribution in [1.29, 1.82) is 0 Å². The van der Waals surface area contributed by atoms with E-state index in [-0.39, 0.29) is 40.5 Å². The molecule has 0 aromatic heterocycles. The molecule has 0 aromatic rings. The Balaban J connectivity index is 1.75. The van der Waals surface area contributed by atoms with Crippen molar-refractivity contribution < 1.29 is 19.9 Å². The van der Waals surface area contributed by atoms with Gasteiger partial charge in [0.2, 0.25) is 11.8 Å². The molecule has 2 aliphatic carbocycles. The number of nitrogens with zero attached hydrogens (tertiary/aromatic N) is 1. The maximum Gasteiger partial charge on any atom is 0.246 e. The zero-order valence-corrected chi connectivity index (χ0v) is 14.5. The van der Waals surface area contributed by atoms with Gasteiger partial charge in [0.05, 0.1) is 6.10 Å². The van der Waals surface area contributed by atoms with Crippen molar-refractivity contribution >= 4 is 34.0 Å². The van der Waals surface area contributed by atoms with Gasteiger partial charge in [-0.1, -0.05) is 15.9 Å². The molecule has 7 nitrogen and oxygen atoms in total. The number of alkyl halides is 1. The Labute approximate surface area is 144 Å². The summed E-state index contributed by atoms with van der Waals surface area (Å²) in [5, 5.41) is 22.3. The topological polar surface area (TPSA) is 111 Å². The predicted octanol–water partition coefficient (Wildman–Crippen LogP) is 1.32. The van der Waals surface area contributed by atoms with Crippen molar-refractivity contribution in [1.82, 2.24) is 10.9 Å². The van der Waals surface area contributed by atoms with Crippen LogP contribution in [0, 0.1) is 17.8 Å². The Morgan fingerprint density at radius 2 is 1.65 bits per heavy atom. The molecule has 0 spiro atoms. The summed E-state index contributed by atoms with van der Waals surface area (Å²) in [4.78, 5) is 23.7. The van der Waals surface area contributed by atoms with E-state index in [1.54, 1.807) is 11.7 Å². The van der Waals surface area contributed by atoms with Gasteiger partial charge in [0.15, 0.2) is 0 Å². The molecular weight excluding hydrogens is 366 g/mol. The van der Waals surface area contributed by atoms with Crippen LogP contribution < -0.4 is 10.9 Å². The van der Waals surface area contributed by atoms with E-state index in [0.29, 0.717) is 32.1 Å². The molecular formula is C15H24BrN3O4. The monoisotopic (exact) mass is 389 g/mol. The number of rotatable bonds is 4. The zero-order chi connectivity index (χ0) is 16.8. The molecule has 3 unspecified atom stereocenters. The van der Waals surface area contributed by atoms with Gasteiger partial charge in [0, 0.05) is 28.8 Å². The lowest BCUT2D eigenvalue weighted by molar-refractivity contribution is -0.136. The lowest BCUT2D eigenvalue weighted by Gasteiger charge is -2.28. The predicted molar refractivity (Wildman–Crippen MR) is 88.1 cm³/mol. The van der Waals surface area contributed by atoms with E-state index in [9.17, 15) is 14.7 Å². The molecule has 2 saturated carbocycles. The van der Waals surface area contributed by atoms with Crippen molar-refractivity contribution in [3.8, 4) is 0 Å². The number of carbonyl (C=O) groups excluding carboxylic acids is 2. The molecule has 0 aromatic carbocycles. The molecule has 2 fully saturated rings. The maximum atomic E-state index is 12.1. The Kier molecular flexibility index (Phi) is 6.98. The number of hydrazone groups is 1.